The predicted octanol–water partition coefficient (Wildman–Crippen LogP) is 2.24. The molecule has 0 aliphatic heterocycles. The van der Waals surface area contributed by atoms with Crippen LogP contribution in [0.25, 0.3) is 0 Å². The second-order valence-corrected chi connectivity index (χ2v) is 5.03. The van der Waals surface area contributed by atoms with E-state index in [0.717, 1.165) is 10.6 Å². The van der Waals surface area contributed by atoms with Gasteiger partial charge in [-0.2, -0.15) is 13.2 Å². The second kappa shape index (κ2) is 5.79. The lowest BCUT2D eigenvalue weighted by Crippen LogP contribution is -2.24. The molecule has 1 aromatic rings. The van der Waals surface area contributed by atoms with Crippen molar-refractivity contribution >= 4 is 11.3 Å². The number of hydrogen-bond donors (Lipinski definition) is 1. The maximum absolute atomic E-state index is 11.8. The first kappa shape index (κ1) is 14.4. The van der Waals surface area contributed by atoms with Gasteiger partial charge in [-0.25, -0.2) is 4.98 Å². The van der Waals surface area contributed by atoms with Crippen molar-refractivity contribution < 1.29 is 23.0 Å². The topological polar surface area (TPSA) is 42.4 Å². The number of hydrogen-bond acceptors (Lipinski definition) is 4. The number of nitrogens with zero attached hydrogens (tertiary/aromatic N) is 1. The third-order valence-electron chi connectivity index (χ3n) is 2.06. The van der Waals surface area contributed by atoms with Crippen LogP contribution in [0, 0.1) is 13.8 Å². The first-order valence-electron chi connectivity index (χ1n) is 5.03. The van der Waals surface area contributed by atoms with Gasteiger partial charge in [0.05, 0.1) is 23.4 Å². The molecule has 98 valence electrons. The van der Waals surface area contributed by atoms with Gasteiger partial charge in [0.25, 0.3) is 0 Å². The molecule has 7 heteroatoms. The van der Waals surface area contributed by atoms with Crippen molar-refractivity contribution in [1.82, 2.24) is 4.98 Å². The number of rotatable bonds is 5. The standard InChI is InChI=1S/C10H14F3NO2S/c1-6-7(2)17-9(14-6)3-8(15)4-16-5-10(11,12)13/h8,15H,3-5H2,1-2H3. The Hall–Kier alpha value is -0.660. The zero-order valence-electron chi connectivity index (χ0n) is 9.54. The quantitative estimate of drug-likeness (QED) is 0.891. The van der Waals surface area contributed by atoms with Crippen LogP contribution in [0.2, 0.25) is 0 Å². The average molecular weight is 269 g/mol. The summed E-state index contributed by atoms with van der Waals surface area (Å²) in [6, 6.07) is 0. The number of aromatic nitrogens is 1. The highest BCUT2D eigenvalue weighted by molar-refractivity contribution is 7.11. The molecular formula is C10H14F3NO2S. The van der Waals surface area contributed by atoms with Gasteiger partial charge < -0.3 is 9.84 Å². The molecule has 0 aromatic carbocycles. The molecule has 0 fully saturated rings. The molecule has 0 spiro atoms. The molecule has 3 nitrogen and oxygen atoms in total. The molecule has 1 rings (SSSR count). The summed E-state index contributed by atoms with van der Waals surface area (Å²) in [5, 5.41) is 10.2. The largest absolute Gasteiger partial charge is 0.411 e. The van der Waals surface area contributed by atoms with Gasteiger partial charge in [0, 0.05) is 11.3 Å². The molecular weight excluding hydrogens is 255 g/mol. The van der Waals surface area contributed by atoms with Crippen LogP contribution < -0.4 is 0 Å². The van der Waals surface area contributed by atoms with Gasteiger partial charge in [-0.15, -0.1) is 11.3 Å². The molecule has 0 saturated carbocycles. The Morgan fingerprint density at radius 3 is 2.53 bits per heavy atom. The van der Waals surface area contributed by atoms with E-state index >= 15 is 0 Å². The van der Waals surface area contributed by atoms with Gasteiger partial charge in [0.2, 0.25) is 0 Å². The number of aliphatic hydroxyl groups is 1. The lowest BCUT2D eigenvalue weighted by Gasteiger charge is -2.11. The number of ether oxygens (including phenoxy) is 1. The Morgan fingerprint density at radius 2 is 2.06 bits per heavy atom. The van der Waals surface area contributed by atoms with Gasteiger partial charge in [-0.1, -0.05) is 0 Å². The molecule has 0 aliphatic carbocycles. The Balaban J connectivity index is 2.32. The highest BCUT2D eigenvalue weighted by Crippen LogP contribution is 2.18. The van der Waals surface area contributed by atoms with E-state index in [4.69, 9.17) is 0 Å². The lowest BCUT2D eigenvalue weighted by molar-refractivity contribution is -0.179. The van der Waals surface area contributed by atoms with Crippen molar-refractivity contribution in [2.24, 2.45) is 0 Å². The molecule has 0 saturated heterocycles. The van der Waals surface area contributed by atoms with Gasteiger partial charge in [-0.05, 0) is 13.8 Å². The maximum atomic E-state index is 11.8. The van der Waals surface area contributed by atoms with E-state index in [2.05, 4.69) is 9.72 Å². The number of alkyl halides is 3. The molecule has 1 unspecified atom stereocenters. The SMILES string of the molecule is Cc1nc(CC(O)COCC(F)(F)F)sc1C. The first-order chi connectivity index (χ1) is 7.78. The molecule has 1 atom stereocenters. The van der Waals surface area contributed by atoms with E-state index in [1.807, 2.05) is 13.8 Å². The summed E-state index contributed by atoms with van der Waals surface area (Å²) in [6.07, 6.45) is -5.09. The normalized spacial score (nSPS) is 14.0. The van der Waals surface area contributed by atoms with Crippen molar-refractivity contribution in [2.75, 3.05) is 13.2 Å². The fourth-order valence-electron chi connectivity index (χ4n) is 1.20. The number of aryl methyl sites for hydroxylation is 2. The van der Waals surface area contributed by atoms with Crippen molar-refractivity contribution in [2.45, 2.75) is 32.5 Å². The first-order valence-corrected chi connectivity index (χ1v) is 5.85. The Morgan fingerprint density at radius 1 is 1.41 bits per heavy atom. The van der Waals surface area contributed by atoms with Crippen molar-refractivity contribution in [1.29, 1.82) is 0 Å². The molecule has 17 heavy (non-hydrogen) atoms. The Kier molecular flexibility index (Phi) is 4.91. The van der Waals surface area contributed by atoms with Gasteiger partial charge >= 0.3 is 6.18 Å². The predicted molar refractivity (Wildman–Crippen MR) is 58.2 cm³/mol. The van der Waals surface area contributed by atoms with Gasteiger partial charge in [-0.3, -0.25) is 0 Å². The summed E-state index contributed by atoms with van der Waals surface area (Å²) >= 11 is 1.43. The van der Waals surface area contributed by atoms with E-state index in [0.29, 0.717) is 5.01 Å². The molecule has 0 amide bonds. The van der Waals surface area contributed by atoms with Crippen LogP contribution in [0.15, 0.2) is 0 Å². The molecule has 0 radical (unpaired) electrons. The van der Waals surface area contributed by atoms with Crippen LogP contribution in [-0.4, -0.2) is 35.6 Å². The molecule has 1 heterocycles. The molecule has 0 bridgehead atoms. The number of aliphatic hydroxyl groups excluding tert-OH is 1. The van der Waals surface area contributed by atoms with Crippen LogP contribution in [0.4, 0.5) is 13.2 Å². The summed E-state index contributed by atoms with van der Waals surface area (Å²) < 4.78 is 39.7. The fourth-order valence-corrected chi connectivity index (χ4v) is 2.20. The zero-order chi connectivity index (χ0) is 13.1. The summed E-state index contributed by atoms with van der Waals surface area (Å²) in [4.78, 5) is 5.23. The maximum Gasteiger partial charge on any atom is 0.411 e. The van der Waals surface area contributed by atoms with Crippen molar-refractivity contribution in [3.8, 4) is 0 Å². The second-order valence-electron chi connectivity index (χ2n) is 3.74. The highest BCUT2D eigenvalue weighted by atomic mass is 32.1. The Bertz CT molecular complexity index is 345. The minimum atomic E-state index is -4.35. The third kappa shape index (κ3) is 5.47. The smallest absolute Gasteiger partial charge is 0.390 e. The van der Waals surface area contributed by atoms with Crippen LogP contribution in [0.5, 0.6) is 0 Å². The van der Waals surface area contributed by atoms with Crippen molar-refractivity contribution in [3.05, 3.63) is 15.6 Å². The van der Waals surface area contributed by atoms with Crippen molar-refractivity contribution in [3.63, 3.8) is 0 Å². The van der Waals surface area contributed by atoms with Crippen LogP contribution in [-0.2, 0) is 11.2 Å². The van der Waals surface area contributed by atoms with Gasteiger partial charge in [0.1, 0.15) is 6.61 Å². The summed E-state index contributed by atoms with van der Waals surface area (Å²) in [5.41, 5.74) is 0.883. The summed E-state index contributed by atoms with van der Waals surface area (Å²) in [6.45, 7) is 2.09. The van der Waals surface area contributed by atoms with Gasteiger partial charge in [0.15, 0.2) is 0 Å². The highest BCUT2D eigenvalue weighted by Gasteiger charge is 2.27. The summed E-state index contributed by atoms with van der Waals surface area (Å²) in [7, 11) is 0. The fraction of sp³-hybridized carbons (Fsp3) is 0.700. The van der Waals surface area contributed by atoms with E-state index in [1.165, 1.54) is 11.3 Å². The average Bonchev–Trinajstić information content (AvgIpc) is 2.43. The van der Waals surface area contributed by atoms with E-state index < -0.39 is 18.9 Å². The molecule has 0 aliphatic rings. The minimum absolute atomic E-state index is 0.219. The van der Waals surface area contributed by atoms with E-state index in [1.54, 1.807) is 0 Å². The zero-order valence-corrected chi connectivity index (χ0v) is 10.4. The lowest BCUT2D eigenvalue weighted by atomic mass is 10.3. The molecule has 1 N–H and O–H groups in total. The monoisotopic (exact) mass is 269 g/mol. The Labute approximate surface area is 101 Å². The van der Waals surface area contributed by atoms with E-state index in [-0.39, 0.29) is 13.0 Å². The third-order valence-corrected chi connectivity index (χ3v) is 3.15. The van der Waals surface area contributed by atoms with Crippen LogP contribution in [0.3, 0.4) is 0 Å². The summed E-state index contributed by atoms with van der Waals surface area (Å²) in [5.74, 6) is 0. The molecule has 1 aromatic heterocycles. The van der Waals surface area contributed by atoms with Crippen LogP contribution in [0.1, 0.15) is 15.6 Å². The number of halogens is 3. The van der Waals surface area contributed by atoms with E-state index in [9.17, 15) is 18.3 Å². The number of thiazole rings is 1. The minimum Gasteiger partial charge on any atom is -0.390 e. The van der Waals surface area contributed by atoms with Crippen LogP contribution >= 0.6 is 11.3 Å².